The molecule has 2 aliphatic rings. The molecule has 0 radical (unpaired) electrons. The first-order valence-corrected chi connectivity index (χ1v) is 6.39. The Labute approximate surface area is 114 Å². The second kappa shape index (κ2) is 4.41. The van der Waals surface area contributed by atoms with Crippen molar-refractivity contribution in [1.29, 1.82) is 0 Å². The quantitative estimate of drug-likeness (QED) is 0.920. The summed E-state index contributed by atoms with van der Waals surface area (Å²) in [7, 11) is 0. The number of hydroxylamine groups is 1. The Hall–Kier alpha value is -1.69. The second-order valence-electron chi connectivity index (χ2n) is 5.27. The van der Waals surface area contributed by atoms with Gasteiger partial charge in [0, 0.05) is 11.5 Å². The van der Waals surface area contributed by atoms with Gasteiger partial charge in [-0.25, -0.2) is 0 Å². The summed E-state index contributed by atoms with van der Waals surface area (Å²) in [6, 6.07) is 6.09. The SMILES string of the molecule is CC1(c2ccccc2OC(F)(F)F)C=C(C2CC2)ON1. The van der Waals surface area contributed by atoms with E-state index in [1.807, 2.05) is 6.08 Å². The Balaban J connectivity index is 1.93. The number of alkyl halides is 3. The van der Waals surface area contributed by atoms with Crippen molar-refractivity contribution in [3.63, 3.8) is 0 Å². The number of rotatable bonds is 3. The van der Waals surface area contributed by atoms with E-state index in [2.05, 4.69) is 10.2 Å². The third-order valence-corrected chi connectivity index (χ3v) is 3.46. The van der Waals surface area contributed by atoms with Crippen LogP contribution in [0.25, 0.3) is 0 Å². The van der Waals surface area contributed by atoms with Gasteiger partial charge in [-0.1, -0.05) is 18.2 Å². The zero-order valence-electron chi connectivity index (χ0n) is 10.8. The van der Waals surface area contributed by atoms with Crippen LogP contribution in [-0.4, -0.2) is 6.36 Å². The molecule has 0 spiro atoms. The highest BCUT2D eigenvalue weighted by molar-refractivity contribution is 5.43. The fraction of sp³-hybridized carbons (Fsp3) is 0.429. The van der Waals surface area contributed by atoms with Crippen LogP contribution in [0.1, 0.15) is 25.3 Å². The van der Waals surface area contributed by atoms with E-state index < -0.39 is 11.9 Å². The highest BCUT2D eigenvalue weighted by Gasteiger charge is 2.41. The van der Waals surface area contributed by atoms with Crippen LogP contribution in [0.15, 0.2) is 36.1 Å². The maximum Gasteiger partial charge on any atom is 0.573 e. The molecule has 1 unspecified atom stereocenters. The Morgan fingerprint density at radius 3 is 2.65 bits per heavy atom. The van der Waals surface area contributed by atoms with Gasteiger partial charge in [0.2, 0.25) is 0 Å². The molecule has 3 rings (SSSR count). The lowest BCUT2D eigenvalue weighted by molar-refractivity contribution is -0.275. The Bertz CT molecular complexity index is 552. The lowest BCUT2D eigenvalue weighted by atomic mass is 9.91. The topological polar surface area (TPSA) is 30.5 Å². The summed E-state index contributed by atoms with van der Waals surface area (Å²) >= 11 is 0. The molecule has 0 bridgehead atoms. The predicted molar refractivity (Wildman–Crippen MR) is 65.5 cm³/mol. The van der Waals surface area contributed by atoms with Gasteiger partial charge in [-0.3, -0.25) is 0 Å². The van der Waals surface area contributed by atoms with E-state index in [4.69, 9.17) is 4.84 Å². The average molecular weight is 285 g/mol. The van der Waals surface area contributed by atoms with Gasteiger partial charge < -0.3 is 9.57 Å². The van der Waals surface area contributed by atoms with Crippen molar-refractivity contribution in [3.05, 3.63) is 41.7 Å². The van der Waals surface area contributed by atoms with Gasteiger partial charge in [0.25, 0.3) is 0 Å². The molecule has 20 heavy (non-hydrogen) atoms. The molecule has 1 aromatic carbocycles. The fourth-order valence-electron chi connectivity index (χ4n) is 2.32. The molecule has 1 saturated carbocycles. The number of hydrogen-bond donors (Lipinski definition) is 1. The summed E-state index contributed by atoms with van der Waals surface area (Å²) in [6.07, 6.45) is -0.757. The second-order valence-corrected chi connectivity index (χ2v) is 5.27. The smallest absolute Gasteiger partial charge is 0.412 e. The van der Waals surface area contributed by atoms with Gasteiger partial charge >= 0.3 is 6.36 Å². The highest BCUT2D eigenvalue weighted by atomic mass is 19.4. The van der Waals surface area contributed by atoms with Gasteiger partial charge in [0.05, 0.1) is 0 Å². The number of benzene rings is 1. The molecule has 1 fully saturated rings. The van der Waals surface area contributed by atoms with Crippen LogP contribution in [0, 0.1) is 5.92 Å². The van der Waals surface area contributed by atoms with Crippen LogP contribution >= 0.6 is 0 Å². The molecule has 108 valence electrons. The number of halogens is 3. The molecule has 0 saturated heterocycles. The van der Waals surface area contributed by atoms with Gasteiger partial charge in [-0.15, -0.1) is 18.7 Å². The number of allylic oxidation sites excluding steroid dienone is 1. The highest BCUT2D eigenvalue weighted by Crippen LogP contribution is 2.44. The molecule has 1 heterocycles. The fourth-order valence-corrected chi connectivity index (χ4v) is 2.32. The maximum atomic E-state index is 12.5. The molecule has 3 nitrogen and oxygen atoms in total. The molecule has 1 aromatic rings. The van der Waals surface area contributed by atoms with E-state index in [1.165, 1.54) is 12.1 Å². The largest absolute Gasteiger partial charge is 0.573 e. The third-order valence-electron chi connectivity index (χ3n) is 3.46. The molecule has 1 aliphatic carbocycles. The van der Waals surface area contributed by atoms with Crippen LogP contribution in [0.4, 0.5) is 13.2 Å². The van der Waals surface area contributed by atoms with E-state index in [9.17, 15) is 13.2 Å². The van der Waals surface area contributed by atoms with Crippen molar-refractivity contribution in [3.8, 4) is 5.75 Å². The van der Waals surface area contributed by atoms with Crippen LogP contribution in [0.3, 0.4) is 0 Å². The van der Waals surface area contributed by atoms with Crippen molar-refractivity contribution in [2.24, 2.45) is 5.92 Å². The van der Waals surface area contributed by atoms with Crippen molar-refractivity contribution < 1.29 is 22.7 Å². The minimum Gasteiger partial charge on any atom is -0.412 e. The summed E-state index contributed by atoms with van der Waals surface area (Å²) in [5.41, 5.74) is 2.38. The van der Waals surface area contributed by atoms with Crippen molar-refractivity contribution in [2.45, 2.75) is 31.7 Å². The summed E-state index contributed by atoms with van der Waals surface area (Å²) in [6.45, 7) is 1.76. The van der Waals surface area contributed by atoms with Crippen molar-refractivity contribution in [1.82, 2.24) is 5.48 Å². The summed E-state index contributed by atoms with van der Waals surface area (Å²) < 4.78 is 41.5. The van der Waals surface area contributed by atoms with Gasteiger partial charge in [-0.05, 0) is 31.9 Å². The van der Waals surface area contributed by atoms with E-state index in [0.717, 1.165) is 18.6 Å². The molecular formula is C14H14F3NO2. The maximum absolute atomic E-state index is 12.5. The summed E-state index contributed by atoms with van der Waals surface area (Å²) in [5, 5.41) is 0. The minimum absolute atomic E-state index is 0.216. The summed E-state index contributed by atoms with van der Waals surface area (Å²) in [4.78, 5) is 5.41. The Kier molecular flexibility index (Phi) is 2.93. The number of nitrogens with one attached hydrogen (secondary N) is 1. The first kappa shape index (κ1) is 13.3. The minimum atomic E-state index is -4.71. The first-order chi connectivity index (χ1) is 9.37. The van der Waals surface area contributed by atoms with E-state index in [1.54, 1.807) is 19.1 Å². The van der Waals surface area contributed by atoms with Crippen molar-refractivity contribution in [2.75, 3.05) is 0 Å². The molecule has 0 amide bonds. The number of hydrogen-bond acceptors (Lipinski definition) is 3. The molecular weight excluding hydrogens is 271 g/mol. The van der Waals surface area contributed by atoms with Crippen LogP contribution in [0.2, 0.25) is 0 Å². The molecule has 6 heteroatoms. The van der Waals surface area contributed by atoms with Gasteiger partial charge in [-0.2, -0.15) is 0 Å². The van der Waals surface area contributed by atoms with Crippen LogP contribution in [0.5, 0.6) is 5.75 Å². The van der Waals surface area contributed by atoms with Gasteiger partial charge in [0.1, 0.15) is 17.0 Å². The normalized spacial score (nSPS) is 26.1. The van der Waals surface area contributed by atoms with Crippen molar-refractivity contribution >= 4 is 0 Å². The lowest BCUT2D eigenvalue weighted by Crippen LogP contribution is -2.33. The number of para-hydroxylation sites is 1. The predicted octanol–water partition coefficient (Wildman–Crippen LogP) is 3.63. The molecule has 1 atom stereocenters. The van der Waals surface area contributed by atoms with E-state index in [-0.39, 0.29) is 5.75 Å². The molecule has 0 aromatic heterocycles. The van der Waals surface area contributed by atoms with Crippen LogP contribution in [-0.2, 0) is 10.4 Å². The Morgan fingerprint density at radius 2 is 2.00 bits per heavy atom. The monoisotopic (exact) mass is 285 g/mol. The average Bonchev–Trinajstić information content (AvgIpc) is 3.12. The van der Waals surface area contributed by atoms with Crippen LogP contribution < -0.4 is 10.2 Å². The van der Waals surface area contributed by atoms with E-state index in [0.29, 0.717) is 11.5 Å². The third kappa shape index (κ3) is 2.60. The first-order valence-electron chi connectivity index (χ1n) is 6.39. The Morgan fingerprint density at radius 1 is 1.30 bits per heavy atom. The van der Waals surface area contributed by atoms with E-state index >= 15 is 0 Å². The standard InChI is InChI=1S/C14H14F3NO2/c1-13(8-12(20-18-13)9-6-7-9)10-4-2-3-5-11(10)19-14(15,16)17/h2-5,8-9,18H,6-7H2,1H3. The zero-order valence-corrected chi connectivity index (χ0v) is 10.8. The zero-order chi connectivity index (χ0) is 14.4. The molecule has 1 N–H and O–H groups in total. The molecule has 1 aliphatic heterocycles. The lowest BCUT2D eigenvalue weighted by Gasteiger charge is -2.24. The number of ether oxygens (including phenoxy) is 1. The van der Waals surface area contributed by atoms with Gasteiger partial charge in [0.15, 0.2) is 0 Å². The summed E-state index contributed by atoms with van der Waals surface area (Å²) in [5.74, 6) is 0.973.